The van der Waals surface area contributed by atoms with Crippen LogP contribution in [0, 0.1) is 24.7 Å². The highest BCUT2D eigenvalue weighted by atomic mass is 16.3. The summed E-state index contributed by atoms with van der Waals surface area (Å²) in [5.41, 5.74) is 1.16. The summed E-state index contributed by atoms with van der Waals surface area (Å²) in [5.74, 6) is 1.56. The van der Waals surface area contributed by atoms with Crippen molar-refractivity contribution in [1.29, 1.82) is 0 Å². The summed E-state index contributed by atoms with van der Waals surface area (Å²) in [4.78, 5) is 29.9. The van der Waals surface area contributed by atoms with Crippen molar-refractivity contribution < 1.29 is 14.0 Å². The molecular formula is C23H36N2O3. The molecule has 2 aliphatic rings. The summed E-state index contributed by atoms with van der Waals surface area (Å²) >= 11 is 0. The maximum atomic E-state index is 13.0. The molecule has 2 fully saturated rings. The van der Waals surface area contributed by atoms with E-state index < -0.39 is 0 Å². The molecule has 0 N–H and O–H groups in total. The fourth-order valence-electron chi connectivity index (χ4n) is 5.72. The molecule has 1 aromatic heterocycles. The molecule has 2 heterocycles. The van der Waals surface area contributed by atoms with Crippen molar-refractivity contribution in [2.45, 2.75) is 79.7 Å². The van der Waals surface area contributed by atoms with Gasteiger partial charge in [0.05, 0.1) is 5.56 Å². The molecule has 2 bridgehead atoms. The quantitative estimate of drug-likeness (QED) is 0.717. The average molecular weight is 389 g/mol. The van der Waals surface area contributed by atoms with Crippen LogP contribution in [0.15, 0.2) is 10.5 Å². The third-order valence-electron chi connectivity index (χ3n) is 6.38. The first-order valence-corrected chi connectivity index (χ1v) is 10.7. The number of furan rings is 1. The third kappa shape index (κ3) is 4.28. The van der Waals surface area contributed by atoms with Crippen LogP contribution >= 0.6 is 0 Å². The summed E-state index contributed by atoms with van der Waals surface area (Å²) in [6, 6.07) is 2.16. The van der Waals surface area contributed by atoms with Gasteiger partial charge < -0.3 is 14.2 Å². The van der Waals surface area contributed by atoms with Crippen LogP contribution in [0.5, 0.6) is 0 Å². The van der Waals surface area contributed by atoms with Crippen LogP contribution in [0.4, 0.5) is 0 Å². The lowest BCUT2D eigenvalue weighted by Gasteiger charge is -2.39. The SMILES string of the molecule is CCCN(CCC(=O)N1CC2(C)CC1CC(C)(C)C2)C(=O)c1cc(C)oc1C. The van der Waals surface area contributed by atoms with Gasteiger partial charge in [0.2, 0.25) is 5.91 Å². The topological polar surface area (TPSA) is 53.8 Å². The van der Waals surface area contributed by atoms with Gasteiger partial charge in [-0.3, -0.25) is 9.59 Å². The lowest BCUT2D eigenvalue weighted by molar-refractivity contribution is -0.132. The fourth-order valence-corrected chi connectivity index (χ4v) is 5.72. The molecule has 5 nitrogen and oxygen atoms in total. The third-order valence-corrected chi connectivity index (χ3v) is 6.38. The number of likely N-dealkylation sites (tertiary alicyclic amines) is 1. The summed E-state index contributed by atoms with van der Waals surface area (Å²) < 4.78 is 5.53. The maximum Gasteiger partial charge on any atom is 0.257 e. The van der Waals surface area contributed by atoms with E-state index in [1.54, 1.807) is 6.07 Å². The number of hydrogen-bond donors (Lipinski definition) is 0. The van der Waals surface area contributed by atoms with E-state index >= 15 is 0 Å². The second-order valence-corrected chi connectivity index (χ2v) is 10.1. The van der Waals surface area contributed by atoms with E-state index in [1.165, 1.54) is 6.42 Å². The van der Waals surface area contributed by atoms with E-state index in [0.717, 1.165) is 31.6 Å². The number of carbonyl (C=O) groups is 2. The largest absolute Gasteiger partial charge is 0.466 e. The zero-order valence-electron chi connectivity index (χ0n) is 18.4. The smallest absolute Gasteiger partial charge is 0.257 e. The number of aryl methyl sites for hydroxylation is 2. The van der Waals surface area contributed by atoms with Gasteiger partial charge in [0.1, 0.15) is 11.5 Å². The Morgan fingerprint density at radius 2 is 1.93 bits per heavy atom. The van der Waals surface area contributed by atoms with Crippen molar-refractivity contribution in [3.8, 4) is 0 Å². The molecule has 28 heavy (non-hydrogen) atoms. The Hall–Kier alpha value is -1.78. The van der Waals surface area contributed by atoms with Gasteiger partial charge in [-0.15, -0.1) is 0 Å². The fraction of sp³-hybridized carbons (Fsp3) is 0.739. The molecule has 1 aliphatic heterocycles. The monoisotopic (exact) mass is 388 g/mol. The molecule has 0 aromatic carbocycles. The first kappa shape index (κ1) is 20.9. The first-order chi connectivity index (χ1) is 13.0. The van der Waals surface area contributed by atoms with Crippen molar-refractivity contribution in [3.05, 3.63) is 23.2 Å². The van der Waals surface area contributed by atoms with Crippen LogP contribution in [0.2, 0.25) is 0 Å². The number of hydrogen-bond acceptors (Lipinski definition) is 3. The van der Waals surface area contributed by atoms with Crippen molar-refractivity contribution in [2.24, 2.45) is 10.8 Å². The minimum Gasteiger partial charge on any atom is -0.466 e. The minimum absolute atomic E-state index is 0.0303. The number of nitrogens with zero attached hydrogens (tertiary/aromatic N) is 2. The lowest BCUT2D eigenvalue weighted by atomic mass is 9.65. The highest BCUT2D eigenvalue weighted by Gasteiger charge is 2.50. The van der Waals surface area contributed by atoms with Gasteiger partial charge in [0.15, 0.2) is 0 Å². The van der Waals surface area contributed by atoms with Gasteiger partial charge in [-0.25, -0.2) is 0 Å². The number of fused-ring (bicyclic) bond motifs is 2. The second kappa shape index (κ2) is 7.57. The molecule has 1 aliphatic carbocycles. The Bertz CT molecular complexity index is 751. The summed E-state index contributed by atoms with van der Waals surface area (Å²) in [7, 11) is 0. The molecule has 1 aromatic rings. The van der Waals surface area contributed by atoms with Crippen LogP contribution in [0.25, 0.3) is 0 Å². The van der Waals surface area contributed by atoms with Crippen molar-refractivity contribution >= 4 is 11.8 Å². The standard InChI is InChI=1S/C23H36N2O3/c1-7-9-24(21(27)19-11-16(2)28-17(19)3)10-8-20(26)25-15-23(6)13-18(25)12-22(4,5)14-23/h11,18H,7-10,12-15H2,1-6H3. The molecule has 1 saturated carbocycles. The van der Waals surface area contributed by atoms with E-state index in [1.807, 2.05) is 18.7 Å². The molecule has 156 valence electrons. The molecule has 2 atom stereocenters. The molecular weight excluding hydrogens is 352 g/mol. The van der Waals surface area contributed by atoms with Crippen molar-refractivity contribution in [3.63, 3.8) is 0 Å². The zero-order chi connectivity index (χ0) is 20.7. The Morgan fingerprint density at radius 3 is 2.54 bits per heavy atom. The van der Waals surface area contributed by atoms with Gasteiger partial charge in [0.25, 0.3) is 5.91 Å². The van der Waals surface area contributed by atoms with Crippen molar-refractivity contribution in [2.75, 3.05) is 19.6 Å². The summed E-state index contributed by atoms with van der Waals surface area (Å²) in [6.45, 7) is 14.7. The van der Waals surface area contributed by atoms with E-state index in [-0.39, 0.29) is 17.2 Å². The highest BCUT2D eigenvalue weighted by Crippen LogP contribution is 2.52. The van der Waals surface area contributed by atoms with Crippen LogP contribution in [0.1, 0.15) is 81.7 Å². The highest BCUT2D eigenvalue weighted by molar-refractivity contribution is 5.95. The molecule has 0 radical (unpaired) electrons. The van der Waals surface area contributed by atoms with Gasteiger partial charge in [-0.2, -0.15) is 0 Å². The van der Waals surface area contributed by atoms with Crippen LogP contribution in [-0.2, 0) is 4.79 Å². The molecule has 2 amide bonds. The number of rotatable bonds is 6. The van der Waals surface area contributed by atoms with Crippen LogP contribution in [-0.4, -0.2) is 47.3 Å². The summed E-state index contributed by atoms with van der Waals surface area (Å²) in [6.07, 6.45) is 4.65. The Labute approximate surface area is 169 Å². The van der Waals surface area contributed by atoms with E-state index in [0.29, 0.717) is 42.3 Å². The first-order valence-electron chi connectivity index (χ1n) is 10.7. The second-order valence-electron chi connectivity index (χ2n) is 10.1. The lowest BCUT2D eigenvalue weighted by Crippen LogP contribution is -2.40. The zero-order valence-corrected chi connectivity index (χ0v) is 18.4. The molecule has 5 heteroatoms. The van der Waals surface area contributed by atoms with E-state index in [4.69, 9.17) is 4.42 Å². The van der Waals surface area contributed by atoms with Gasteiger partial charge in [0, 0.05) is 32.1 Å². The predicted molar refractivity (Wildman–Crippen MR) is 110 cm³/mol. The van der Waals surface area contributed by atoms with E-state index in [2.05, 4.69) is 32.6 Å². The van der Waals surface area contributed by atoms with E-state index in [9.17, 15) is 9.59 Å². The number of amides is 2. The Balaban J connectivity index is 1.65. The minimum atomic E-state index is -0.0303. The predicted octanol–water partition coefficient (Wildman–Crippen LogP) is 4.57. The summed E-state index contributed by atoms with van der Waals surface area (Å²) in [5, 5.41) is 0. The molecule has 2 unspecified atom stereocenters. The van der Waals surface area contributed by atoms with Gasteiger partial charge in [-0.1, -0.05) is 27.7 Å². The van der Waals surface area contributed by atoms with Crippen molar-refractivity contribution in [1.82, 2.24) is 9.80 Å². The molecule has 1 saturated heterocycles. The Morgan fingerprint density at radius 1 is 1.21 bits per heavy atom. The van der Waals surface area contributed by atoms with Crippen LogP contribution < -0.4 is 0 Å². The molecule has 0 spiro atoms. The average Bonchev–Trinajstić information content (AvgIpc) is 3.04. The molecule has 3 rings (SSSR count). The normalized spacial score (nSPS) is 25.8. The Kier molecular flexibility index (Phi) is 5.66. The number of carbonyl (C=O) groups excluding carboxylic acids is 2. The van der Waals surface area contributed by atoms with Gasteiger partial charge in [-0.05, 0) is 56.4 Å². The van der Waals surface area contributed by atoms with Crippen LogP contribution in [0.3, 0.4) is 0 Å². The maximum absolute atomic E-state index is 13.0. The van der Waals surface area contributed by atoms with Gasteiger partial charge >= 0.3 is 0 Å².